The lowest BCUT2D eigenvalue weighted by Crippen LogP contribution is -2.07. The van der Waals surface area contributed by atoms with E-state index in [2.05, 4.69) is 0 Å². The first-order valence-corrected chi connectivity index (χ1v) is 11.8. The Morgan fingerprint density at radius 3 is 2.00 bits per heavy atom. The molecule has 0 fully saturated rings. The number of carboxylic acid groups (broad SMARTS) is 1. The van der Waals surface area contributed by atoms with E-state index in [1.54, 1.807) is 24.3 Å². The zero-order chi connectivity index (χ0) is 25.5. The van der Waals surface area contributed by atoms with Gasteiger partial charge in [0.25, 0.3) is 0 Å². The van der Waals surface area contributed by atoms with Gasteiger partial charge in [-0.3, -0.25) is 0 Å². The zero-order valence-electron chi connectivity index (χ0n) is 19.7. The predicted molar refractivity (Wildman–Crippen MR) is 146 cm³/mol. The molecule has 4 N–H and O–H groups in total. The van der Waals surface area contributed by atoms with Crippen molar-refractivity contribution in [2.75, 3.05) is 5.73 Å². The second kappa shape index (κ2) is 8.81. The molecule has 0 atom stereocenters. The van der Waals surface area contributed by atoms with E-state index in [9.17, 15) is 9.90 Å². The first-order chi connectivity index (χ1) is 18.0. The molecule has 1 heterocycles. The van der Waals surface area contributed by atoms with Gasteiger partial charge in [0.05, 0.1) is 10.9 Å². The van der Waals surface area contributed by atoms with Crippen LogP contribution in [0, 0.1) is 5.41 Å². The lowest BCUT2D eigenvalue weighted by Gasteiger charge is -2.19. The Bertz CT molecular complexity index is 1820. The standard InChI is InChI=1S/C32H22N2O3/c33-27-17-29-25(15-23(27)19-9-3-1-4-10-19)31(21-13-7-8-14-22(21)32(35)36)26-16-24(20-11-5-2-6-12-20)28(34)18-30(26)37-29/h1-18,33H,34H2,(H,35,36). The summed E-state index contributed by atoms with van der Waals surface area (Å²) in [5, 5.41) is 19.8. The maximum Gasteiger partial charge on any atom is 0.336 e. The molecule has 2 aliphatic rings. The van der Waals surface area contributed by atoms with E-state index >= 15 is 0 Å². The van der Waals surface area contributed by atoms with Gasteiger partial charge in [-0.05, 0) is 34.9 Å². The molecule has 1 aliphatic carbocycles. The first-order valence-electron chi connectivity index (χ1n) is 11.8. The quantitative estimate of drug-likeness (QED) is 0.181. The van der Waals surface area contributed by atoms with Crippen LogP contribution in [-0.2, 0) is 0 Å². The minimum absolute atomic E-state index is 0.186. The molecule has 37 heavy (non-hydrogen) atoms. The van der Waals surface area contributed by atoms with Crippen LogP contribution in [0.15, 0.2) is 114 Å². The molecule has 4 aromatic carbocycles. The molecule has 5 nitrogen and oxygen atoms in total. The van der Waals surface area contributed by atoms with Crippen molar-refractivity contribution in [1.82, 2.24) is 0 Å². The Hall–Kier alpha value is -5.16. The number of rotatable bonds is 4. The van der Waals surface area contributed by atoms with Gasteiger partial charge in [0.15, 0.2) is 0 Å². The van der Waals surface area contributed by atoms with Crippen LogP contribution < -0.4 is 11.1 Å². The summed E-state index contributed by atoms with van der Waals surface area (Å²) in [4.78, 5) is 12.3. The summed E-state index contributed by atoms with van der Waals surface area (Å²) in [7, 11) is 0. The van der Waals surface area contributed by atoms with Gasteiger partial charge in [0.1, 0.15) is 11.3 Å². The lowest BCUT2D eigenvalue weighted by atomic mass is 9.87. The summed E-state index contributed by atoms with van der Waals surface area (Å²) in [5.74, 6) is -0.531. The maximum atomic E-state index is 12.3. The number of hydrogen-bond acceptors (Lipinski definition) is 4. The zero-order valence-corrected chi connectivity index (χ0v) is 19.7. The highest BCUT2D eigenvalue weighted by molar-refractivity contribution is 6.09. The van der Waals surface area contributed by atoms with E-state index in [0.717, 1.165) is 38.8 Å². The van der Waals surface area contributed by atoms with Gasteiger partial charge in [0.2, 0.25) is 0 Å². The second-order valence-corrected chi connectivity index (χ2v) is 8.89. The van der Waals surface area contributed by atoms with Crippen molar-refractivity contribution in [1.29, 1.82) is 5.41 Å². The van der Waals surface area contributed by atoms with Crippen molar-refractivity contribution < 1.29 is 14.3 Å². The van der Waals surface area contributed by atoms with E-state index < -0.39 is 5.97 Å². The number of fused-ring (bicyclic) bond motifs is 2. The van der Waals surface area contributed by atoms with Crippen LogP contribution in [0.2, 0.25) is 0 Å². The topological polar surface area (TPSA) is 100 Å². The van der Waals surface area contributed by atoms with Crippen LogP contribution >= 0.6 is 0 Å². The number of nitrogens with one attached hydrogen (secondary N) is 1. The minimum atomic E-state index is -1.02. The molecule has 0 spiro atoms. The fraction of sp³-hybridized carbons (Fsp3) is 0. The SMILES string of the molecule is N=c1cc2oc3cc(N)c(-c4ccccc4)cc3c(-c3ccccc3C(=O)O)c-2cc1-c1ccccc1. The molecule has 5 heteroatoms. The molecule has 178 valence electrons. The fourth-order valence-electron chi connectivity index (χ4n) is 4.90. The number of aromatic carboxylic acids is 1. The van der Waals surface area contributed by atoms with Crippen molar-refractivity contribution in [3.05, 3.63) is 120 Å². The molecule has 0 unspecified atom stereocenters. The summed E-state index contributed by atoms with van der Waals surface area (Å²) in [5.41, 5.74) is 13.2. The average Bonchev–Trinajstić information content (AvgIpc) is 2.92. The van der Waals surface area contributed by atoms with Gasteiger partial charge in [-0.15, -0.1) is 0 Å². The third kappa shape index (κ3) is 3.83. The Morgan fingerprint density at radius 1 is 0.703 bits per heavy atom. The van der Waals surface area contributed by atoms with Gasteiger partial charge >= 0.3 is 5.97 Å². The monoisotopic (exact) mass is 482 g/mol. The third-order valence-corrected chi connectivity index (χ3v) is 6.63. The number of carboxylic acids is 1. The number of anilines is 1. The molecule has 6 rings (SSSR count). The maximum absolute atomic E-state index is 12.3. The van der Waals surface area contributed by atoms with E-state index in [1.165, 1.54) is 0 Å². The lowest BCUT2D eigenvalue weighted by molar-refractivity contribution is 0.0697. The van der Waals surface area contributed by atoms with Gasteiger partial charge in [-0.1, -0.05) is 78.9 Å². The van der Waals surface area contributed by atoms with Gasteiger partial charge in [-0.25, -0.2) is 4.79 Å². The van der Waals surface area contributed by atoms with Crippen molar-refractivity contribution >= 4 is 22.6 Å². The van der Waals surface area contributed by atoms with Crippen molar-refractivity contribution in [3.63, 3.8) is 0 Å². The first kappa shape index (κ1) is 22.3. The van der Waals surface area contributed by atoms with Crippen molar-refractivity contribution in [2.24, 2.45) is 0 Å². The Morgan fingerprint density at radius 2 is 1.32 bits per heavy atom. The van der Waals surface area contributed by atoms with E-state index in [1.807, 2.05) is 84.9 Å². The van der Waals surface area contributed by atoms with Crippen LogP contribution in [0.3, 0.4) is 0 Å². The van der Waals surface area contributed by atoms with Crippen molar-refractivity contribution in [3.8, 4) is 44.7 Å². The molecule has 0 amide bonds. The third-order valence-electron chi connectivity index (χ3n) is 6.63. The molecule has 0 saturated heterocycles. The molecule has 0 radical (unpaired) electrons. The summed E-state index contributed by atoms with van der Waals surface area (Å²) >= 11 is 0. The van der Waals surface area contributed by atoms with Gasteiger partial charge in [0, 0.05) is 45.5 Å². The molecular weight excluding hydrogens is 460 g/mol. The van der Waals surface area contributed by atoms with Gasteiger partial charge < -0.3 is 20.7 Å². The molecule has 0 aromatic heterocycles. The second-order valence-electron chi connectivity index (χ2n) is 8.89. The molecule has 0 saturated carbocycles. The number of nitrogen functional groups attached to an aromatic ring is 1. The van der Waals surface area contributed by atoms with E-state index in [-0.39, 0.29) is 5.56 Å². The average molecular weight is 483 g/mol. The number of nitrogens with two attached hydrogens (primary N) is 1. The highest BCUT2D eigenvalue weighted by atomic mass is 16.4. The van der Waals surface area contributed by atoms with E-state index in [4.69, 9.17) is 15.6 Å². The Labute approximate surface area is 212 Å². The van der Waals surface area contributed by atoms with Crippen LogP contribution in [0.5, 0.6) is 0 Å². The smallest absolute Gasteiger partial charge is 0.336 e. The van der Waals surface area contributed by atoms with Crippen LogP contribution in [0.4, 0.5) is 5.69 Å². The fourth-order valence-corrected chi connectivity index (χ4v) is 4.90. The summed E-state index contributed by atoms with van der Waals surface area (Å²) < 4.78 is 6.30. The predicted octanol–water partition coefficient (Wildman–Crippen LogP) is 7.30. The Balaban J connectivity index is 1.78. The minimum Gasteiger partial charge on any atom is -0.478 e. The molecular formula is C32H22N2O3. The number of carbonyl (C=O) groups is 1. The number of benzene rings is 5. The largest absolute Gasteiger partial charge is 0.478 e. The molecule has 0 bridgehead atoms. The highest BCUT2D eigenvalue weighted by Crippen LogP contribution is 2.44. The highest BCUT2D eigenvalue weighted by Gasteiger charge is 2.23. The normalized spacial score (nSPS) is 11.1. The Kier molecular flexibility index (Phi) is 5.31. The van der Waals surface area contributed by atoms with Crippen molar-refractivity contribution in [2.45, 2.75) is 0 Å². The summed E-state index contributed by atoms with van der Waals surface area (Å²) in [6.07, 6.45) is 0. The summed E-state index contributed by atoms with van der Waals surface area (Å²) in [6, 6.07) is 33.8. The van der Waals surface area contributed by atoms with Crippen LogP contribution in [0.1, 0.15) is 10.4 Å². The molecule has 4 aromatic rings. The van der Waals surface area contributed by atoms with E-state index in [0.29, 0.717) is 28.0 Å². The van der Waals surface area contributed by atoms with Gasteiger partial charge in [-0.2, -0.15) is 0 Å². The van der Waals surface area contributed by atoms with Crippen LogP contribution in [-0.4, -0.2) is 11.1 Å². The summed E-state index contributed by atoms with van der Waals surface area (Å²) in [6.45, 7) is 0. The number of hydrogen-bond donors (Lipinski definition) is 3. The van der Waals surface area contributed by atoms with Crippen LogP contribution in [0.25, 0.3) is 55.7 Å². The molecule has 1 aliphatic heterocycles.